The number of piperidine rings is 1. The van der Waals surface area contributed by atoms with Crippen LogP contribution in [0.1, 0.15) is 52.8 Å². The highest BCUT2D eigenvalue weighted by molar-refractivity contribution is 5.27. The van der Waals surface area contributed by atoms with Crippen molar-refractivity contribution in [3.63, 3.8) is 0 Å². The Morgan fingerprint density at radius 1 is 1.40 bits per heavy atom. The van der Waals surface area contributed by atoms with E-state index in [0.29, 0.717) is 24.8 Å². The highest BCUT2D eigenvalue weighted by Crippen LogP contribution is 2.26. The Kier molecular flexibility index (Phi) is 4.32. The first kappa shape index (κ1) is 15.2. The SMILES string of the molecule is CC(C)c1noc(N2CCC(OC(C)(C)C)C(F)C2)n1. The number of ether oxygens (including phenoxy) is 1. The topological polar surface area (TPSA) is 51.4 Å². The van der Waals surface area contributed by atoms with E-state index in [4.69, 9.17) is 9.26 Å². The lowest BCUT2D eigenvalue weighted by atomic mass is 10.0. The summed E-state index contributed by atoms with van der Waals surface area (Å²) in [7, 11) is 0. The van der Waals surface area contributed by atoms with Crippen molar-refractivity contribution in [1.82, 2.24) is 10.1 Å². The van der Waals surface area contributed by atoms with Crippen molar-refractivity contribution in [1.29, 1.82) is 0 Å². The van der Waals surface area contributed by atoms with E-state index in [-0.39, 0.29) is 24.2 Å². The molecule has 5 nitrogen and oxygen atoms in total. The van der Waals surface area contributed by atoms with Crippen LogP contribution in [-0.4, -0.2) is 41.1 Å². The molecule has 6 heteroatoms. The maximum atomic E-state index is 14.2. The molecule has 0 saturated carbocycles. The second kappa shape index (κ2) is 5.68. The average molecular weight is 285 g/mol. The molecule has 0 radical (unpaired) electrons. The molecule has 2 rings (SSSR count). The Bertz CT molecular complexity index is 442. The van der Waals surface area contributed by atoms with Gasteiger partial charge in [0.2, 0.25) is 0 Å². The Labute approximate surface area is 119 Å². The molecule has 0 spiro atoms. The number of hydrogen-bond acceptors (Lipinski definition) is 5. The van der Waals surface area contributed by atoms with Gasteiger partial charge in [-0.15, -0.1) is 0 Å². The lowest BCUT2D eigenvalue weighted by Gasteiger charge is -2.36. The Morgan fingerprint density at radius 3 is 2.60 bits per heavy atom. The van der Waals surface area contributed by atoms with Gasteiger partial charge in [-0.05, 0) is 27.2 Å². The number of alkyl halides is 1. The first-order valence-electron chi connectivity index (χ1n) is 7.16. The summed E-state index contributed by atoms with van der Waals surface area (Å²) in [5.41, 5.74) is -0.327. The Hall–Kier alpha value is -1.17. The van der Waals surface area contributed by atoms with Crippen LogP contribution in [0.25, 0.3) is 0 Å². The van der Waals surface area contributed by atoms with Crippen LogP contribution < -0.4 is 4.90 Å². The Balaban J connectivity index is 1.97. The van der Waals surface area contributed by atoms with Crippen LogP contribution in [-0.2, 0) is 4.74 Å². The van der Waals surface area contributed by atoms with E-state index in [2.05, 4.69) is 10.1 Å². The number of anilines is 1. The first-order valence-corrected chi connectivity index (χ1v) is 7.16. The third-order valence-corrected chi connectivity index (χ3v) is 3.20. The maximum absolute atomic E-state index is 14.2. The summed E-state index contributed by atoms with van der Waals surface area (Å²) in [6.07, 6.45) is -0.784. The molecule has 20 heavy (non-hydrogen) atoms. The van der Waals surface area contributed by atoms with E-state index in [0.717, 1.165) is 0 Å². The summed E-state index contributed by atoms with van der Waals surface area (Å²) in [5.74, 6) is 0.860. The summed E-state index contributed by atoms with van der Waals surface area (Å²) in [6, 6.07) is 0.408. The number of nitrogens with zero attached hydrogens (tertiary/aromatic N) is 3. The van der Waals surface area contributed by atoms with Gasteiger partial charge in [0.25, 0.3) is 0 Å². The van der Waals surface area contributed by atoms with Crippen molar-refractivity contribution < 1.29 is 13.7 Å². The molecule has 2 unspecified atom stereocenters. The lowest BCUT2D eigenvalue weighted by molar-refractivity contribution is -0.0975. The van der Waals surface area contributed by atoms with Gasteiger partial charge in [-0.2, -0.15) is 4.98 Å². The largest absolute Gasteiger partial charge is 0.369 e. The summed E-state index contributed by atoms with van der Waals surface area (Å²) in [5, 5.41) is 3.91. The fourth-order valence-electron chi connectivity index (χ4n) is 2.23. The molecule has 0 N–H and O–H groups in total. The zero-order valence-corrected chi connectivity index (χ0v) is 12.9. The second-order valence-electron chi connectivity index (χ2n) is 6.61. The van der Waals surface area contributed by atoms with Crippen LogP contribution in [0, 0.1) is 0 Å². The molecule has 0 bridgehead atoms. The molecule has 0 amide bonds. The zero-order chi connectivity index (χ0) is 14.9. The van der Waals surface area contributed by atoms with Gasteiger partial charge >= 0.3 is 6.01 Å². The van der Waals surface area contributed by atoms with Crippen molar-refractivity contribution in [2.24, 2.45) is 0 Å². The maximum Gasteiger partial charge on any atom is 0.324 e. The summed E-state index contributed by atoms with van der Waals surface area (Å²) in [4.78, 5) is 6.11. The zero-order valence-electron chi connectivity index (χ0n) is 12.9. The van der Waals surface area contributed by atoms with Crippen molar-refractivity contribution >= 4 is 6.01 Å². The van der Waals surface area contributed by atoms with E-state index in [1.54, 1.807) is 4.90 Å². The van der Waals surface area contributed by atoms with E-state index in [1.165, 1.54) is 0 Å². The van der Waals surface area contributed by atoms with Crippen molar-refractivity contribution in [2.45, 2.75) is 64.8 Å². The highest BCUT2D eigenvalue weighted by atomic mass is 19.1. The molecule has 1 fully saturated rings. The summed E-state index contributed by atoms with van der Waals surface area (Å²) in [6.45, 7) is 10.7. The normalized spacial score (nSPS) is 24.4. The monoisotopic (exact) mass is 285 g/mol. The third kappa shape index (κ3) is 3.69. The molecule has 1 saturated heterocycles. The van der Waals surface area contributed by atoms with E-state index in [9.17, 15) is 4.39 Å². The van der Waals surface area contributed by atoms with Crippen LogP contribution in [0.3, 0.4) is 0 Å². The van der Waals surface area contributed by atoms with Gasteiger partial charge in [0.15, 0.2) is 5.82 Å². The minimum atomic E-state index is -1.04. The molecule has 2 atom stereocenters. The second-order valence-corrected chi connectivity index (χ2v) is 6.61. The van der Waals surface area contributed by atoms with Gasteiger partial charge in [-0.25, -0.2) is 4.39 Å². The van der Waals surface area contributed by atoms with E-state index in [1.807, 2.05) is 34.6 Å². The van der Waals surface area contributed by atoms with Gasteiger partial charge in [-0.3, -0.25) is 0 Å². The minimum absolute atomic E-state index is 0.204. The quantitative estimate of drug-likeness (QED) is 0.854. The average Bonchev–Trinajstić information content (AvgIpc) is 2.79. The number of rotatable bonds is 3. The highest BCUT2D eigenvalue weighted by Gasteiger charge is 2.34. The molecule has 1 aliphatic heterocycles. The third-order valence-electron chi connectivity index (χ3n) is 3.20. The van der Waals surface area contributed by atoms with Gasteiger partial charge in [0.05, 0.1) is 18.2 Å². The van der Waals surface area contributed by atoms with Crippen LogP contribution >= 0.6 is 0 Å². The Morgan fingerprint density at radius 2 is 2.10 bits per heavy atom. The summed E-state index contributed by atoms with van der Waals surface area (Å²) >= 11 is 0. The van der Waals surface area contributed by atoms with E-state index < -0.39 is 6.17 Å². The fraction of sp³-hybridized carbons (Fsp3) is 0.857. The molecular weight excluding hydrogens is 261 g/mol. The molecule has 0 aliphatic carbocycles. The first-order chi connectivity index (χ1) is 9.26. The van der Waals surface area contributed by atoms with Gasteiger partial charge in [0, 0.05) is 12.5 Å². The fourth-order valence-corrected chi connectivity index (χ4v) is 2.23. The van der Waals surface area contributed by atoms with Crippen molar-refractivity contribution in [2.75, 3.05) is 18.0 Å². The standard InChI is InChI=1S/C14H24FN3O2/c1-9(2)12-16-13(20-17-12)18-7-6-11(10(15)8-18)19-14(3,4)5/h9-11H,6-8H2,1-5H3. The van der Waals surface area contributed by atoms with Crippen LogP contribution in [0.15, 0.2) is 4.52 Å². The van der Waals surface area contributed by atoms with Crippen LogP contribution in [0.2, 0.25) is 0 Å². The van der Waals surface area contributed by atoms with Crippen molar-refractivity contribution in [3.05, 3.63) is 5.82 Å². The van der Waals surface area contributed by atoms with Crippen LogP contribution in [0.4, 0.5) is 10.4 Å². The van der Waals surface area contributed by atoms with Gasteiger partial charge < -0.3 is 14.2 Å². The lowest BCUT2D eigenvalue weighted by Crippen LogP contribution is -2.48. The molecule has 0 aromatic carbocycles. The molecular formula is C14H24FN3O2. The van der Waals surface area contributed by atoms with Crippen LogP contribution in [0.5, 0.6) is 0 Å². The van der Waals surface area contributed by atoms with Crippen molar-refractivity contribution in [3.8, 4) is 0 Å². The molecule has 1 aliphatic rings. The number of aromatic nitrogens is 2. The van der Waals surface area contributed by atoms with Gasteiger partial charge in [-0.1, -0.05) is 19.0 Å². The smallest absolute Gasteiger partial charge is 0.324 e. The number of hydrogen-bond donors (Lipinski definition) is 0. The minimum Gasteiger partial charge on any atom is -0.369 e. The van der Waals surface area contributed by atoms with E-state index >= 15 is 0 Å². The molecule has 114 valence electrons. The molecule has 2 heterocycles. The molecule has 1 aromatic rings. The summed E-state index contributed by atoms with van der Waals surface area (Å²) < 4.78 is 25.2. The predicted octanol–water partition coefficient (Wildman–Crippen LogP) is 2.92. The molecule has 1 aromatic heterocycles. The predicted molar refractivity (Wildman–Crippen MR) is 74.7 cm³/mol. The van der Waals surface area contributed by atoms with Gasteiger partial charge in [0.1, 0.15) is 6.17 Å². The number of halogens is 1.